The highest BCUT2D eigenvalue weighted by Crippen LogP contribution is 2.31. The summed E-state index contributed by atoms with van der Waals surface area (Å²) in [6.45, 7) is 3.23. The van der Waals surface area contributed by atoms with Crippen LogP contribution in [0.4, 0.5) is 5.69 Å². The molecule has 0 saturated heterocycles. The van der Waals surface area contributed by atoms with E-state index >= 15 is 0 Å². The lowest BCUT2D eigenvalue weighted by Crippen LogP contribution is -2.34. The highest BCUT2D eigenvalue weighted by atomic mass is 32.2. The van der Waals surface area contributed by atoms with Gasteiger partial charge in [-0.3, -0.25) is 9.10 Å². The minimum Gasteiger partial charge on any atom is -0.302 e. The van der Waals surface area contributed by atoms with Crippen LogP contribution in [-0.4, -0.2) is 47.5 Å². The van der Waals surface area contributed by atoms with Gasteiger partial charge in [-0.05, 0) is 55.0 Å². The number of sulfonamides is 1. The Labute approximate surface area is 184 Å². The number of aromatic nitrogens is 3. The van der Waals surface area contributed by atoms with Gasteiger partial charge >= 0.3 is 0 Å². The number of Topliss-reactive ketones (excluding diaryl/α,β-unsaturated/α-hetero) is 1. The number of fused-ring (bicyclic) bond motifs is 1. The predicted molar refractivity (Wildman–Crippen MR) is 121 cm³/mol. The molecule has 7 nitrogen and oxygen atoms in total. The topological polar surface area (TPSA) is 85.2 Å². The van der Waals surface area contributed by atoms with Crippen molar-refractivity contribution < 1.29 is 13.2 Å². The SMILES string of the molecule is CCn1c(SCC(=O)c2ccc3c(c2)CCCN3S(C)(=O)=O)nnc1-c1cccs1. The first-order valence-electron chi connectivity index (χ1n) is 9.62. The van der Waals surface area contributed by atoms with E-state index in [9.17, 15) is 13.2 Å². The molecule has 2 aromatic heterocycles. The van der Waals surface area contributed by atoms with E-state index in [2.05, 4.69) is 10.2 Å². The number of thiophene rings is 1. The number of carbonyl (C=O) groups excluding carboxylic acids is 1. The zero-order valence-corrected chi connectivity index (χ0v) is 19.2. The number of aryl methyl sites for hydroxylation is 1. The van der Waals surface area contributed by atoms with E-state index in [1.165, 1.54) is 22.3 Å². The van der Waals surface area contributed by atoms with Crippen LogP contribution in [0, 0.1) is 0 Å². The van der Waals surface area contributed by atoms with Crippen molar-refractivity contribution in [1.29, 1.82) is 0 Å². The van der Waals surface area contributed by atoms with Gasteiger partial charge in [0, 0.05) is 18.7 Å². The van der Waals surface area contributed by atoms with E-state index in [-0.39, 0.29) is 11.5 Å². The number of anilines is 1. The number of hydrogen-bond donors (Lipinski definition) is 0. The minimum absolute atomic E-state index is 0.0115. The number of thioether (sulfide) groups is 1. The molecule has 0 aliphatic carbocycles. The first kappa shape index (κ1) is 21.1. The van der Waals surface area contributed by atoms with E-state index in [0.29, 0.717) is 17.8 Å². The third-order valence-corrected chi connectivity index (χ3v) is 8.00. The zero-order chi connectivity index (χ0) is 21.3. The second kappa shape index (κ2) is 8.52. The zero-order valence-electron chi connectivity index (χ0n) is 16.7. The van der Waals surface area contributed by atoms with Crippen LogP contribution in [0.15, 0.2) is 40.9 Å². The fourth-order valence-electron chi connectivity index (χ4n) is 3.56. The number of rotatable bonds is 7. The molecule has 0 unspecified atom stereocenters. The van der Waals surface area contributed by atoms with Crippen molar-refractivity contribution in [3.8, 4) is 10.7 Å². The van der Waals surface area contributed by atoms with Crippen LogP contribution in [0.2, 0.25) is 0 Å². The van der Waals surface area contributed by atoms with Crippen molar-refractivity contribution in [2.24, 2.45) is 0 Å². The van der Waals surface area contributed by atoms with Crippen LogP contribution in [0.5, 0.6) is 0 Å². The second-order valence-electron chi connectivity index (χ2n) is 7.02. The van der Waals surface area contributed by atoms with Crippen LogP contribution >= 0.6 is 23.1 Å². The largest absolute Gasteiger partial charge is 0.302 e. The Bertz CT molecular complexity index is 1170. The van der Waals surface area contributed by atoms with Crippen molar-refractivity contribution >= 4 is 44.6 Å². The van der Waals surface area contributed by atoms with Crippen LogP contribution in [0.25, 0.3) is 10.7 Å². The maximum absolute atomic E-state index is 12.8. The highest BCUT2D eigenvalue weighted by molar-refractivity contribution is 7.99. The maximum atomic E-state index is 12.8. The molecule has 10 heteroatoms. The normalized spacial score (nSPS) is 14.0. The summed E-state index contributed by atoms with van der Waals surface area (Å²) in [7, 11) is -3.32. The molecule has 1 aromatic carbocycles. The first-order chi connectivity index (χ1) is 14.4. The molecule has 3 heterocycles. The first-order valence-corrected chi connectivity index (χ1v) is 13.3. The van der Waals surface area contributed by atoms with Crippen molar-refractivity contribution in [2.75, 3.05) is 22.9 Å². The fraction of sp³-hybridized carbons (Fsp3) is 0.350. The fourth-order valence-corrected chi connectivity index (χ4v) is 6.17. The van der Waals surface area contributed by atoms with Gasteiger partial charge in [0.15, 0.2) is 16.8 Å². The molecular formula is C20H22N4O3S3. The van der Waals surface area contributed by atoms with Crippen LogP contribution in [0.1, 0.15) is 29.3 Å². The molecule has 4 rings (SSSR count). The number of nitrogens with zero attached hydrogens (tertiary/aromatic N) is 4. The van der Waals surface area contributed by atoms with Gasteiger partial charge in [0.05, 0.1) is 22.6 Å². The molecule has 0 amide bonds. The summed E-state index contributed by atoms with van der Waals surface area (Å²) in [6.07, 6.45) is 2.73. The Hall–Kier alpha value is -2.17. The summed E-state index contributed by atoms with van der Waals surface area (Å²) >= 11 is 2.98. The molecule has 1 aliphatic rings. The van der Waals surface area contributed by atoms with Crippen molar-refractivity contribution in [1.82, 2.24) is 14.8 Å². The maximum Gasteiger partial charge on any atom is 0.232 e. The molecule has 30 heavy (non-hydrogen) atoms. The van der Waals surface area contributed by atoms with Gasteiger partial charge in [0.25, 0.3) is 0 Å². The Morgan fingerprint density at radius 3 is 2.80 bits per heavy atom. The Balaban J connectivity index is 1.50. The average molecular weight is 463 g/mol. The number of benzene rings is 1. The van der Waals surface area contributed by atoms with Crippen molar-refractivity contribution in [3.63, 3.8) is 0 Å². The second-order valence-corrected chi connectivity index (χ2v) is 10.8. The molecule has 3 aromatic rings. The van der Waals surface area contributed by atoms with E-state index < -0.39 is 10.0 Å². The molecule has 0 bridgehead atoms. The molecule has 0 fully saturated rings. The summed E-state index contributed by atoms with van der Waals surface area (Å²) in [5, 5.41) is 11.3. The van der Waals surface area contributed by atoms with Crippen LogP contribution in [-0.2, 0) is 23.0 Å². The molecule has 0 radical (unpaired) electrons. The summed E-state index contributed by atoms with van der Waals surface area (Å²) in [5.74, 6) is 1.05. The minimum atomic E-state index is -3.32. The Morgan fingerprint density at radius 2 is 2.10 bits per heavy atom. The third kappa shape index (κ3) is 4.17. The Morgan fingerprint density at radius 1 is 1.27 bits per heavy atom. The Kier molecular flexibility index (Phi) is 5.99. The van der Waals surface area contributed by atoms with E-state index in [4.69, 9.17) is 0 Å². The van der Waals surface area contributed by atoms with Gasteiger partial charge in [-0.25, -0.2) is 8.42 Å². The van der Waals surface area contributed by atoms with Gasteiger partial charge in [-0.1, -0.05) is 17.8 Å². The molecule has 0 atom stereocenters. The van der Waals surface area contributed by atoms with Gasteiger partial charge in [-0.15, -0.1) is 21.5 Å². The van der Waals surface area contributed by atoms with Gasteiger partial charge < -0.3 is 4.57 Å². The summed E-state index contributed by atoms with van der Waals surface area (Å²) < 4.78 is 27.5. The molecule has 0 spiro atoms. The van der Waals surface area contributed by atoms with Crippen LogP contribution < -0.4 is 4.31 Å². The standard InChI is InChI=1S/C20H22N4O3S3/c1-3-23-19(18-7-5-11-28-18)21-22-20(23)29-13-17(25)15-8-9-16-14(12-15)6-4-10-24(16)30(2,26)27/h5,7-9,11-12H,3-4,6,10,13H2,1-2H3. The van der Waals surface area contributed by atoms with E-state index in [1.54, 1.807) is 23.5 Å². The van der Waals surface area contributed by atoms with Gasteiger partial charge in [0.2, 0.25) is 10.0 Å². The monoisotopic (exact) mass is 462 g/mol. The average Bonchev–Trinajstić information content (AvgIpc) is 3.39. The molecular weight excluding hydrogens is 440 g/mol. The molecule has 158 valence electrons. The number of hydrogen-bond acceptors (Lipinski definition) is 7. The molecule has 0 saturated carbocycles. The summed E-state index contributed by atoms with van der Waals surface area (Å²) in [6, 6.07) is 9.28. The summed E-state index contributed by atoms with van der Waals surface area (Å²) in [4.78, 5) is 13.9. The van der Waals surface area contributed by atoms with E-state index in [1.807, 2.05) is 35.1 Å². The van der Waals surface area contributed by atoms with Gasteiger partial charge in [-0.2, -0.15) is 0 Å². The van der Waals surface area contributed by atoms with Crippen LogP contribution in [0.3, 0.4) is 0 Å². The lowest BCUT2D eigenvalue weighted by atomic mass is 9.99. The van der Waals surface area contributed by atoms with E-state index in [0.717, 1.165) is 40.8 Å². The van der Waals surface area contributed by atoms with Crippen molar-refractivity contribution in [3.05, 3.63) is 46.8 Å². The van der Waals surface area contributed by atoms with Gasteiger partial charge in [0.1, 0.15) is 0 Å². The molecule has 1 aliphatic heterocycles. The third-order valence-electron chi connectivity index (χ3n) is 4.98. The number of carbonyl (C=O) groups is 1. The predicted octanol–water partition coefficient (Wildman–Crippen LogP) is 3.71. The highest BCUT2D eigenvalue weighted by Gasteiger charge is 2.25. The smallest absolute Gasteiger partial charge is 0.232 e. The molecule has 0 N–H and O–H groups in total. The lowest BCUT2D eigenvalue weighted by molar-refractivity contribution is 0.102. The quantitative estimate of drug-likeness (QED) is 0.393. The lowest BCUT2D eigenvalue weighted by Gasteiger charge is -2.29. The summed E-state index contributed by atoms with van der Waals surface area (Å²) in [5.41, 5.74) is 2.18. The number of ketones is 1. The van der Waals surface area contributed by atoms with Crippen molar-refractivity contribution in [2.45, 2.75) is 31.5 Å².